The van der Waals surface area contributed by atoms with E-state index in [0.29, 0.717) is 9.58 Å². The topological polar surface area (TPSA) is 82.1 Å². The van der Waals surface area contributed by atoms with Gasteiger partial charge in [-0.3, -0.25) is 9.59 Å². The average Bonchev–Trinajstić information content (AvgIpc) is 3.04. The first kappa shape index (κ1) is 19.1. The second-order valence-corrected chi connectivity index (χ2v) is 6.45. The van der Waals surface area contributed by atoms with Crippen LogP contribution in [0.5, 0.6) is 11.5 Å². The molecule has 0 radical (unpaired) electrons. The summed E-state index contributed by atoms with van der Waals surface area (Å²) in [6, 6.07) is 3.02. The van der Waals surface area contributed by atoms with Crippen LogP contribution in [0.25, 0.3) is 10.1 Å². The maximum atomic E-state index is 14.7. The number of benzene rings is 1. The lowest BCUT2D eigenvalue weighted by atomic mass is 10.0. The molecule has 0 aliphatic heterocycles. The lowest BCUT2D eigenvalue weighted by Crippen LogP contribution is -2.16. The summed E-state index contributed by atoms with van der Waals surface area (Å²) in [5, 5.41) is 9.08. The molecule has 1 heterocycles. The third-order valence-electron chi connectivity index (χ3n) is 3.61. The van der Waals surface area contributed by atoms with Gasteiger partial charge in [0, 0.05) is 22.6 Å². The number of ether oxygens (including phenoxy) is 3. The zero-order chi connectivity index (χ0) is 18.6. The molecule has 2 aromatic rings. The number of halogens is 1. The highest BCUT2D eigenvalue weighted by Crippen LogP contribution is 2.40. The number of hydrogen-bond acceptors (Lipinski definition) is 7. The molecular formula is C17H19FO6S. The van der Waals surface area contributed by atoms with Crippen molar-refractivity contribution in [2.75, 3.05) is 27.4 Å². The van der Waals surface area contributed by atoms with Gasteiger partial charge < -0.3 is 19.3 Å². The Balaban J connectivity index is 2.37. The maximum absolute atomic E-state index is 14.7. The van der Waals surface area contributed by atoms with Gasteiger partial charge in [-0.25, -0.2) is 4.39 Å². The van der Waals surface area contributed by atoms with Crippen LogP contribution >= 0.6 is 11.3 Å². The number of rotatable bonds is 8. The van der Waals surface area contributed by atoms with Crippen molar-refractivity contribution >= 4 is 33.2 Å². The molecule has 25 heavy (non-hydrogen) atoms. The van der Waals surface area contributed by atoms with E-state index in [-0.39, 0.29) is 42.3 Å². The summed E-state index contributed by atoms with van der Waals surface area (Å²) < 4.78 is 30.2. The number of fused-ring (bicyclic) bond motifs is 1. The minimum absolute atomic E-state index is 0.0217. The fraction of sp³-hybridized carbons (Fsp3) is 0.412. The number of aliphatic hydroxyl groups is 1. The van der Waals surface area contributed by atoms with E-state index < -0.39 is 17.7 Å². The summed E-state index contributed by atoms with van der Waals surface area (Å²) in [5.41, 5.74) is 0. The van der Waals surface area contributed by atoms with Gasteiger partial charge >= 0.3 is 5.97 Å². The van der Waals surface area contributed by atoms with E-state index in [4.69, 9.17) is 14.6 Å². The predicted molar refractivity (Wildman–Crippen MR) is 91.0 cm³/mol. The van der Waals surface area contributed by atoms with Gasteiger partial charge in [-0.1, -0.05) is 6.92 Å². The molecule has 1 aromatic carbocycles. The Morgan fingerprint density at radius 3 is 2.64 bits per heavy atom. The van der Waals surface area contributed by atoms with Gasteiger partial charge in [0.1, 0.15) is 6.61 Å². The number of carbonyl (C=O) groups is 2. The summed E-state index contributed by atoms with van der Waals surface area (Å²) in [5.74, 6) is -1.90. The van der Waals surface area contributed by atoms with Crippen molar-refractivity contribution in [3.8, 4) is 11.5 Å². The van der Waals surface area contributed by atoms with Crippen LogP contribution in [0.1, 0.15) is 23.0 Å². The fourth-order valence-electron chi connectivity index (χ4n) is 2.33. The van der Waals surface area contributed by atoms with Crippen molar-refractivity contribution in [2.45, 2.75) is 13.3 Å². The molecule has 0 saturated carbocycles. The molecule has 2 rings (SSSR count). The predicted octanol–water partition coefficient (Wildman–Crippen LogP) is 2.80. The van der Waals surface area contributed by atoms with Gasteiger partial charge in [-0.2, -0.15) is 0 Å². The summed E-state index contributed by atoms with van der Waals surface area (Å²) in [6.45, 7) is 1.26. The third-order valence-corrected chi connectivity index (χ3v) is 4.73. The maximum Gasteiger partial charge on any atom is 0.308 e. The molecule has 1 N–H and O–H groups in total. The van der Waals surface area contributed by atoms with E-state index in [0.717, 1.165) is 11.3 Å². The monoisotopic (exact) mass is 370 g/mol. The summed E-state index contributed by atoms with van der Waals surface area (Å²) in [6.07, 6.45) is -0.0217. The first-order chi connectivity index (χ1) is 11.9. The molecule has 0 spiro atoms. The second kappa shape index (κ2) is 8.26. The molecule has 1 atom stereocenters. The number of carbonyl (C=O) groups excluding carboxylic acids is 2. The SMILES string of the molecule is COC(=O)[C@@H](C)CC(=O)c1cc2c(F)c(OCCO)c(OC)cc2s1. The normalized spacial score (nSPS) is 12.0. The van der Waals surface area contributed by atoms with Gasteiger partial charge in [-0.15, -0.1) is 11.3 Å². The fourth-order valence-corrected chi connectivity index (χ4v) is 3.37. The smallest absolute Gasteiger partial charge is 0.308 e. The Morgan fingerprint density at radius 2 is 2.04 bits per heavy atom. The van der Waals surface area contributed by atoms with E-state index >= 15 is 0 Å². The largest absolute Gasteiger partial charge is 0.493 e. The summed E-state index contributed by atoms with van der Waals surface area (Å²) in [7, 11) is 2.64. The van der Waals surface area contributed by atoms with Crippen LogP contribution in [0.4, 0.5) is 4.39 Å². The zero-order valence-electron chi connectivity index (χ0n) is 14.1. The summed E-state index contributed by atoms with van der Waals surface area (Å²) >= 11 is 1.12. The van der Waals surface area contributed by atoms with Crippen LogP contribution in [0.3, 0.4) is 0 Å². The van der Waals surface area contributed by atoms with Crippen LogP contribution in [0.15, 0.2) is 12.1 Å². The van der Waals surface area contributed by atoms with Gasteiger partial charge in [0.15, 0.2) is 23.1 Å². The van der Waals surface area contributed by atoms with Gasteiger partial charge in [-0.05, 0) is 6.07 Å². The Bertz CT molecular complexity index is 785. The molecule has 0 fully saturated rings. The van der Waals surface area contributed by atoms with Crippen molar-refractivity contribution in [3.05, 3.63) is 22.8 Å². The molecule has 0 unspecified atom stereocenters. The third kappa shape index (κ3) is 4.08. The number of thiophene rings is 1. The molecule has 6 nitrogen and oxygen atoms in total. The highest BCUT2D eigenvalue weighted by Gasteiger charge is 2.23. The van der Waals surface area contributed by atoms with E-state index in [9.17, 15) is 14.0 Å². The Morgan fingerprint density at radius 1 is 1.32 bits per heavy atom. The lowest BCUT2D eigenvalue weighted by Gasteiger charge is -2.11. The molecular weight excluding hydrogens is 351 g/mol. The minimum Gasteiger partial charge on any atom is -0.493 e. The van der Waals surface area contributed by atoms with Crippen LogP contribution in [0, 0.1) is 11.7 Å². The summed E-state index contributed by atoms with van der Waals surface area (Å²) in [4.78, 5) is 24.1. The van der Waals surface area contributed by atoms with Crippen LogP contribution in [0.2, 0.25) is 0 Å². The lowest BCUT2D eigenvalue weighted by molar-refractivity contribution is -0.144. The number of aliphatic hydroxyl groups excluding tert-OH is 1. The highest BCUT2D eigenvalue weighted by molar-refractivity contribution is 7.20. The van der Waals surface area contributed by atoms with Crippen LogP contribution in [-0.2, 0) is 9.53 Å². The molecule has 0 aliphatic carbocycles. The van der Waals surface area contributed by atoms with E-state index in [1.165, 1.54) is 20.3 Å². The number of esters is 1. The number of methoxy groups -OCH3 is 2. The van der Waals surface area contributed by atoms with Crippen LogP contribution < -0.4 is 9.47 Å². The van der Waals surface area contributed by atoms with Crippen molar-refractivity contribution in [1.29, 1.82) is 0 Å². The number of hydrogen-bond donors (Lipinski definition) is 1. The molecule has 1 aromatic heterocycles. The van der Waals surface area contributed by atoms with Gasteiger partial charge in [0.05, 0.1) is 31.6 Å². The van der Waals surface area contributed by atoms with E-state index in [2.05, 4.69) is 4.74 Å². The average molecular weight is 370 g/mol. The van der Waals surface area contributed by atoms with Crippen molar-refractivity contribution in [3.63, 3.8) is 0 Å². The Hall–Kier alpha value is -2.19. The van der Waals surface area contributed by atoms with E-state index in [1.807, 2.05) is 0 Å². The molecule has 136 valence electrons. The van der Waals surface area contributed by atoms with Crippen LogP contribution in [-0.4, -0.2) is 44.3 Å². The first-order valence-electron chi connectivity index (χ1n) is 7.57. The quantitative estimate of drug-likeness (QED) is 0.568. The molecule has 0 bridgehead atoms. The molecule has 8 heteroatoms. The second-order valence-electron chi connectivity index (χ2n) is 5.37. The number of ketones is 1. The minimum atomic E-state index is -0.654. The first-order valence-corrected chi connectivity index (χ1v) is 8.39. The van der Waals surface area contributed by atoms with Gasteiger partial charge in [0.25, 0.3) is 0 Å². The zero-order valence-corrected chi connectivity index (χ0v) is 14.9. The molecule has 0 aliphatic rings. The van der Waals surface area contributed by atoms with Crippen molar-refractivity contribution in [1.82, 2.24) is 0 Å². The molecule has 0 saturated heterocycles. The Kier molecular flexibility index (Phi) is 6.33. The van der Waals surface area contributed by atoms with Crippen molar-refractivity contribution in [2.24, 2.45) is 5.92 Å². The van der Waals surface area contributed by atoms with Gasteiger partial charge in [0.2, 0.25) is 0 Å². The van der Waals surface area contributed by atoms with Crippen molar-refractivity contribution < 1.29 is 33.3 Å². The van der Waals surface area contributed by atoms with E-state index in [1.54, 1.807) is 13.0 Å². The Labute approximate surface area is 148 Å². The highest BCUT2D eigenvalue weighted by atomic mass is 32.1. The molecule has 0 amide bonds. The standard InChI is InChI=1S/C17H19FO6S/c1-9(17(21)23-3)6-11(20)14-7-10-13(25-14)8-12(22-2)16(15(10)18)24-5-4-19/h7-9,19H,4-6H2,1-3H3/t9-/m0/s1. The number of Topliss-reactive ketones (excluding diaryl/α,β-unsaturated/α-hetero) is 1.